The van der Waals surface area contributed by atoms with Crippen molar-refractivity contribution in [2.24, 2.45) is 0 Å². The molecule has 0 bridgehead atoms. The first-order chi connectivity index (χ1) is 5.85. The number of unbranched alkanes of at least 4 members (excludes halogenated alkanes) is 1. The first kappa shape index (κ1) is 11.4. The van der Waals surface area contributed by atoms with Crippen molar-refractivity contribution in [2.75, 3.05) is 14.2 Å². The minimum atomic E-state index is -0.226. The molecule has 0 radical (unpaired) electrons. The second kappa shape index (κ2) is 8.50. The zero-order valence-corrected chi connectivity index (χ0v) is 8.12. The highest BCUT2D eigenvalue weighted by atomic mass is 16.7. The van der Waals surface area contributed by atoms with E-state index in [9.17, 15) is 0 Å². The van der Waals surface area contributed by atoms with Gasteiger partial charge in [0.05, 0.1) is 0 Å². The average Bonchev–Trinajstić information content (AvgIpc) is 2.11. The van der Waals surface area contributed by atoms with Gasteiger partial charge in [0.25, 0.3) is 0 Å². The number of methoxy groups -OCH3 is 2. The molecule has 0 aliphatic rings. The van der Waals surface area contributed by atoms with E-state index in [1.807, 2.05) is 18.2 Å². The van der Waals surface area contributed by atoms with Gasteiger partial charge in [-0.05, 0) is 12.5 Å². The highest BCUT2D eigenvalue weighted by Gasteiger charge is 1.94. The SMILES string of the molecule is CCC/C=C\C=C\C(OC)OC. The van der Waals surface area contributed by atoms with Crippen LogP contribution < -0.4 is 0 Å². The quantitative estimate of drug-likeness (QED) is 0.450. The summed E-state index contributed by atoms with van der Waals surface area (Å²) in [4.78, 5) is 0. The summed E-state index contributed by atoms with van der Waals surface area (Å²) in [5.74, 6) is 0. The summed E-state index contributed by atoms with van der Waals surface area (Å²) in [7, 11) is 3.24. The first-order valence-electron chi connectivity index (χ1n) is 4.24. The van der Waals surface area contributed by atoms with Gasteiger partial charge in [0.2, 0.25) is 0 Å². The van der Waals surface area contributed by atoms with Crippen LogP contribution in [-0.4, -0.2) is 20.5 Å². The highest BCUT2D eigenvalue weighted by Crippen LogP contribution is 1.94. The molecule has 0 atom stereocenters. The van der Waals surface area contributed by atoms with Gasteiger partial charge in [-0.2, -0.15) is 0 Å². The average molecular weight is 170 g/mol. The third kappa shape index (κ3) is 6.13. The van der Waals surface area contributed by atoms with Gasteiger partial charge in [-0.3, -0.25) is 0 Å². The summed E-state index contributed by atoms with van der Waals surface area (Å²) in [6.07, 6.45) is 10.0. The van der Waals surface area contributed by atoms with Gasteiger partial charge in [0.15, 0.2) is 6.29 Å². The summed E-state index contributed by atoms with van der Waals surface area (Å²) in [6.45, 7) is 2.15. The Labute approximate surface area is 74.9 Å². The van der Waals surface area contributed by atoms with E-state index in [4.69, 9.17) is 9.47 Å². The Balaban J connectivity index is 3.58. The fourth-order valence-corrected chi connectivity index (χ4v) is 0.750. The Hall–Kier alpha value is -0.600. The molecule has 0 fully saturated rings. The van der Waals surface area contributed by atoms with E-state index in [1.54, 1.807) is 14.2 Å². The van der Waals surface area contributed by atoms with Crippen molar-refractivity contribution in [3.05, 3.63) is 24.3 Å². The predicted molar refractivity (Wildman–Crippen MR) is 51.0 cm³/mol. The topological polar surface area (TPSA) is 18.5 Å². The van der Waals surface area contributed by atoms with Crippen LogP contribution in [0.25, 0.3) is 0 Å². The molecule has 12 heavy (non-hydrogen) atoms. The first-order valence-corrected chi connectivity index (χ1v) is 4.24. The van der Waals surface area contributed by atoms with E-state index < -0.39 is 0 Å². The van der Waals surface area contributed by atoms with Crippen molar-refractivity contribution in [3.8, 4) is 0 Å². The van der Waals surface area contributed by atoms with Crippen molar-refractivity contribution in [1.82, 2.24) is 0 Å². The summed E-state index contributed by atoms with van der Waals surface area (Å²) >= 11 is 0. The van der Waals surface area contributed by atoms with E-state index in [1.165, 1.54) is 6.42 Å². The van der Waals surface area contributed by atoms with Gasteiger partial charge >= 0.3 is 0 Å². The van der Waals surface area contributed by atoms with Crippen molar-refractivity contribution in [3.63, 3.8) is 0 Å². The van der Waals surface area contributed by atoms with Crippen LogP contribution in [0.4, 0.5) is 0 Å². The summed E-state index contributed by atoms with van der Waals surface area (Å²) in [5, 5.41) is 0. The van der Waals surface area contributed by atoms with Gasteiger partial charge in [-0.1, -0.05) is 31.6 Å². The normalized spacial score (nSPS) is 12.3. The van der Waals surface area contributed by atoms with E-state index in [2.05, 4.69) is 13.0 Å². The maximum atomic E-state index is 4.96. The molecular weight excluding hydrogens is 152 g/mol. The Morgan fingerprint density at radius 2 is 1.83 bits per heavy atom. The molecule has 0 saturated heterocycles. The van der Waals surface area contributed by atoms with Crippen molar-refractivity contribution in [1.29, 1.82) is 0 Å². The lowest BCUT2D eigenvalue weighted by molar-refractivity contribution is -0.0666. The van der Waals surface area contributed by atoms with E-state index in [0.717, 1.165) is 6.42 Å². The maximum Gasteiger partial charge on any atom is 0.176 e. The molecule has 2 nitrogen and oxygen atoms in total. The third-order valence-corrected chi connectivity index (χ3v) is 1.44. The predicted octanol–water partition coefficient (Wildman–Crippen LogP) is 2.52. The van der Waals surface area contributed by atoms with Gasteiger partial charge in [0.1, 0.15) is 0 Å². The number of allylic oxidation sites excluding steroid dienone is 3. The summed E-state index contributed by atoms with van der Waals surface area (Å²) in [6, 6.07) is 0. The maximum absolute atomic E-state index is 4.96. The van der Waals surface area contributed by atoms with Crippen LogP contribution in [-0.2, 0) is 9.47 Å². The Morgan fingerprint density at radius 1 is 1.17 bits per heavy atom. The van der Waals surface area contributed by atoms with Crippen LogP contribution in [0.2, 0.25) is 0 Å². The van der Waals surface area contributed by atoms with Crippen LogP contribution in [0.1, 0.15) is 19.8 Å². The standard InChI is InChI=1S/C10H18O2/c1-4-5-6-7-8-9-10(11-2)12-3/h6-10H,4-5H2,1-3H3/b7-6-,9-8+. The second-order valence-electron chi connectivity index (χ2n) is 2.44. The lowest BCUT2D eigenvalue weighted by Crippen LogP contribution is -2.08. The van der Waals surface area contributed by atoms with Gasteiger partial charge in [-0.25, -0.2) is 0 Å². The van der Waals surface area contributed by atoms with Gasteiger partial charge < -0.3 is 9.47 Å². The largest absolute Gasteiger partial charge is 0.352 e. The Bertz CT molecular complexity index is 135. The fourth-order valence-electron chi connectivity index (χ4n) is 0.750. The van der Waals surface area contributed by atoms with Crippen LogP contribution >= 0.6 is 0 Å². The molecule has 0 aliphatic heterocycles. The van der Waals surface area contributed by atoms with Crippen LogP contribution in [0.3, 0.4) is 0 Å². The molecule has 2 heteroatoms. The molecule has 0 aliphatic carbocycles. The van der Waals surface area contributed by atoms with E-state index >= 15 is 0 Å². The molecule has 0 aromatic heterocycles. The van der Waals surface area contributed by atoms with E-state index in [0.29, 0.717) is 0 Å². The number of rotatable bonds is 6. The number of hydrogen-bond donors (Lipinski definition) is 0. The third-order valence-electron chi connectivity index (χ3n) is 1.44. The zero-order valence-electron chi connectivity index (χ0n) is 8.12. The summed E-state index contributed by atoms with van der Waals surface area (Å²) < 4.78 is 9.93. The van der Waals surface area contributed by atoms with Gasteiger partial charge in [0, 0.05) is 14.2 Å². The minimum absolute atomic E-state index is 0.226. The molecule has 0 rings (SSSR count). The fraction of sp³-hybridized carbons (Fsp3) is 0.600. The van der Waals surface area contributed by atoms with E-state index in [-0.39, 0.29) is 6.29 Å². The van der Waals surface area contributed by atoms with Crippen LogP contribution in [0, 0.1) is 0 Å². The molecular formula is C10H18O2. The monoisotopic (exact) mass is 170 g/mol. The highest BCUT2D eigenvalue weighted by molar-refractivity contribution is 5.03. The van der Waals surface area contributed by atoms with Crippen LogP contribution in [0.15, 0.2) is 24.3 Å². The smallest absolute Gasteiger partial charge is 0.176 e. The molecule has 0 unspecified atom stereocenters. The molecule has 0 aromatic rings. The Kier molecular flexibility index (Phi) is 8.07. The lowest BCUT2D eigenvalue weighted by Gasteiger charge is -2.06. The molecule has 0 amide bonds. The molecule has 0 spiro atoms. The zero-order chi connectivity index (χ0) is 9.23. The van der Waals surface area contributed by atoms with Gasteiger partial charge in [-0.15, -0.1) is 0 Å². The number of hydrogen-bond acceptors (Lipinski definition) is 2. The second-order valence-corrected chi connectivity index (χ2v) is 2.44. The Morgan fingerprint density at radius 3 is 2.33 bits per heavy atom. The van der Waals surface area contributed by atoms with Crippen LogP contribution in [0.5, 0.6) is 0 Å². The summed E-state index contributed by atoms with van der Waals surface area (Å²) in [5.41, 5.74) is 0. The molecule has 0 saturated carbocycles. The van der Waals surface area contributed by atoms with Crippen molar-refractivity contribution in [2.45, 2.75) is 26.1 Å². The number of ether oxygens (including phenoxy) is 2. The molecule has 0 heterocycles. The van der Waals surface area contributed by atoms with Crippen molar-refractivity contribution < 1.29 is 9.47 Å². The lowest BCUT2D eigenvalue weighted by atomic mass is 10.3. The molecule has 70 valence electrons. The minimum Gasteiger partial charge on any atom is -0.352 e. The molecule has 0 N–H and O–H groups in total. The van der Waals surface area contributed by atoms with Crippen molar-refractivity contribution >= 4 is 0 Å². The molecule has 0 aromatic carbocycles.